The minimum absolute atomic E-state index is 0.00431. The Bertz CT molecular complexity index is 1160. The maximum absolute atomic E-state index is 13.3. The van der Waals surface area contributed by atoms with Crippen molar-refractivity contribution < 1.29 is 9.84 Å². The molecular weight excluding hydrogens is 390 g/mol. The molecule has 0 saturated heterocycles. The van der Waals surface area contributed by atoms with Gasteiger partial charge in [0, 0.05) is 18.8 Å². The average Bonchev–Trinajstić information content (AvgIpc) is 2.63. The molecule has 2 heterocycles. The zero-order valence-corrected chi connectivity index (χ0v) is 19.5. The highest BCUT2D eigenvalue weighted by molar-refractivity contribution is 5.59. The molecule has 6 heteroatoms. The van der Waals surface area contributed by atoms with E-state index in [1.54, 1.807) is 17.7 Å². The first kappa shape index (κ1) is 22.5. The van der Waals surface area contributed by atoms with Crippen LogP contribution in [0.3, 0.4) is 0 Å². The van der Waals surface area contributed by atoms with Gasteiger partial charge in [0.25, 0.3) is 5.56 Å². The van der Waals surface area contributed by atoms with E-state index in [9.17, 15) is 15.2 Å². The quantitative estimate of drug-likeness (QED) is 0.718. The summed E-state index contributed by atoms with van der Waals surface area (Å²) in [5, 5.41) is 21.0. The summed E-state index contributed by atoms with van der Waals surface area (Å²) in [4.78, 5) is 13.3. The summed E-state index contributed by atoms with van der Waals surface area (Å²) in [6, 6.07) is 7.69. The second kappa shape index (κ2) is 7.19. The summed E-state index contributed by atoms with van der Waals surface area (Å²) in [6.07, 6.45) is 0. The maximum atomic E-state index is 13.3. The van der Waals surface area contributed by atoms with Crippen LogP contribution in [0, 0.1) is 18.3 Å². The van der Waals surface area contributed by atoms with E-state index in [-0.39, 0.29) is 33.6 Å². The minimum Gasteiger partial charge on any atom is -0.507 e. The van der Waals surface area contributed by atoms with Crippen molar-refractivity contribution >= 4 is 0 Å². The zero-order valence-electron chi connectivity index (χ0n) is 19.5. The number of phenols is 1. The molecule has 0 spiro atoms. The Morgan fingerprint density at radius 3 is 2.06 bits per heavy atom. The SMILES string of the molecule is Cc1cc2c(c(=O)n1C)[C@H](c1cc(C(C)(C)C)c(O)c(C(C)(C)C)c1)C(C#N)=C(N)O2. The number of allylic oxidation sites excluding steroid dienone is 1. The number of nitriles is 1. The van der Waals surface area contributed by atoms with E-state index < -0.39 is 5.92 Å². The molecule has 1 atom stereocenters. The van der Waals surface area contributed by atoms with Gasteiger partial charge in [-0.25, -0.2) is 0 Å². The molecule has 0 bridgehead atoms. The van der Waals surface area contributed by atoms with Gasteiger partial charge < -0.3 is 20.1 Å². The second-order valence-electron chi connectivity index (χ2n) is 10.3. The molecule has 1 aliphatic rings. The van der Waals surface area contributed by atoms with Gasteiger partial charge in [0.15, 0.2) is 0 Å². The number of benzene rings is 1. The number of aromatic nitrogens is 1. The molecule has 0 radical (unpaired) electrons. The molecule has 0 unspecified atom stereocenters. The Morgan fingerprint density at radius 2 is 1.61 bits per heavy atom. The number of phenolic OH excluding ortho intramolecular Hbond substituents is 1. The number of aromatic hydroxyl groups is 1. The first-order valence-corrected chi connectivity index (χ1v) is 10.3. The number of ether oxygens (including phenoxy) is 1. The van der Waals surface area contributed by atoms with Gasteiger partial charge in [0.2, 0.25) is 5.88 Å². The number of rotatable bonds is 1. The third-order valence-electron chi connectivity index (χ3n) is 5.93. The summed E-state index contributed by atoms with van der Waals surface area (Å²) >= 11 is 0. The lowest BCUT2D eigenvalue weighted by atomic mass is 9.75. The van der Waals surface area contributed by atoms with Crippen LogP contribution < -0.4 is 16.0 Å². The fraction of sp³-hybridized carbons (Fsp3) is 0.440. The molecule has 0 fully saturated rings. The summed E-state index contributed by atoms with van der Waals surface area (Å²) < 4.78 is 7.24. The molecule has 0 amide bonds. The van der Waals surface area contributed by atoms with Crippen LogP contribution in [-0.4, -0.2) is 9.67 Å². The van der Waals surface area contributed by atoms with Crippen molar-refractivity contribution in [2.75, 3.05) is 0 Å². The molecule has 164 valence electrons. The zero-order chi connectivity index (χ0) is 23.5. The number of nitrogens with zero attached hydrogens (tertiary/aromatic N) is 2. The van der Waals surface area contributed by atoms with E-state index >= 15 is 0 Å². The Hall–Kier alpha value is -3.20. The predicted molar refractivity (Wildman–Crippen MR) is 121 cm³/mol. The number of pyridine rings is 1. The minimum atomic E-state index is -0.684. The number of nitrogens with two attached hydrogens (primary N) is 1. The fourth-order valence-electron chi connectivity index (χ4n) is 4.04. The van der Waals surface area contributed by atoms with Gasteiger partial charge in [-0.2, -0.15) is 5.26 Å². The second-order valence-corrected chi connectivity index (χ2v) is 10.3. The van der Waals surface area contributed by atoms with Crippen LogP contribution in [0.1, 0.15) is 75.4 Å². The van der Waals surface area contributed by atoms with Crippen molar-refractivity contribution in [2.24, 2.45) is 12.8 Å². The maximum Gasteiger partial charge on any atom is 0.258 e. The van der Waals surface area contributed by atoms with Crippen molar-refractivity contribution in [2.45, 2.75) is 65.2 Å². The van der Waals surface area contributed by atoms with Crippen LogP contribution in [0.4, 0.5) is 0 Å². The van der Waals surface area contributed by atoms with Crippen LogP contribution in [0.15, 0.2) is 34.4 Å². The predicted octanol–water partition coefficient (Wildman–Crippen LogP) is 4.21. The Balaban J connectivity index is 2.46. The van der Waals surface area contributed by atoms with Crippen LogP contribution in [-0.2, 0) is 17.9 Å². The van der Waals surface area contributed by atoms with E-state index in [1.807, 2.05) is 60.6 Å². The normalized spacial score (nSPS) is 16.5. The molecule has 1 aromatic carbocycles. The van der Waals surface area contributed by atoms with E-state index in [4.69, 9.17) is 10.5 Å². The van der Waals surface area contributed by atoms with Crippen molar-refractivity contribution in [3.05, 3.63) is 68.0 Å². The summed E-state index contributed by atoms with van der Waals surface area (Å²) in [5.41, 5.74) is 8.73. The van der Waals surface area contributed by atoms with E-state index in [0.717, 1.165) is 22.4 Å². The molecule has 0 saturated carbocycles. The van der Waals surface area contributed by atoms with Gasteiger partial charge in [-0.3, -0.25) is 4.79 Å². The molecule has 6 nitrogen and oxygen atoms in total. The first-order valence-electron chi connectivity index (χ1n) is 10.3. The number of hydrogen-bond donors (Lipinski definition) is 2. The van der Waals surface area contributed by atoms with Gasteiger partial charge in [0.05, 0.1) is 11.5 Å². The van der Waals surface area contributed by atoms with Gasteiger partial charge in [-0.1, -0.05) is 53.7 Å². The van der Waals surface area contributed by atoms with Gasteiger partial charge in [-0.05, 0) is 34.4 Å². The third-order valence-corrected chi connectivity index (χ3v) is 5.93. The standard InChI is InChI=1S/C25H31N3O3/c1-13-9-18-20(23(30)28(13)8)19(15(12-26)22(27)31-18)14-10-16(24(2,3)4)21(29)17(11-14)25(5,6)7/h9-11,19,29H,27H2,1-8H3/t19-/m1/s1. The lowest BCUT2D eigenvalue weighted by Crippen LogP contribution is -2.32. The van der Waals surface area contributed by atoms with Crippen molar-refractivity contribution in [1.29, 1.82) is 5.26 Å². The number of hydrogen-bond acceptors (Lipinski definition) is 5. The first-order chi connectivity index (χ1) is 14.2. The highest BCUT2D eigenvalue weighted by Crippen LogP contribution is 2.46. The molecule has 3 N–H and O–H groups in total. The fourth-order valence-corrected chi connectivity index (χ4v) is 4.04. The van der Waals surface area contributed by atoms with Gasteiger partial charge in [0.1, 0.15) is 23.1 Å². The molecule has 0 aliphatic carbocycles. The number of fused-ring (bicyclic) bond motifs is 1. The molecule has 2 aromatic rings. The highest BCUT2D eigenvalue weighted by Gasteiger charge is 2.36. The van der Waals surface area contributed by atoms with E-state index in [0.29, 0.717) is 11.3 Å². The summed E-state index contributed by atoms with van der Waals surface area (Å²) in [6.45, 7) is 13.9. The largest absolute Gasteiger partial charge is 0.507 e. The van der Waals surface area contributed by atoms with Crippen LogP contribution in [0.2, 0.25) is 0 Å². The molecule has 31 heavy (non-hydrogen) atoms. The van der Waals surface area contributed by atoms with Crippen LogP contribution in [0.5, 0.6) is 11.5 Å². The smallest absolute Gasteiger partial charge is 0.258 e. The van der Waals surface area contributed by atoms with Gasteiger partial charge in [-0.15, -0.1) is 0 Å². The van der Waals surface area contributed by atoms with E-state index in [1.165, 1.54) is 0 Å². The Kier molecular flexibility index (Phi) is 5.22. The lowest BCUT2D eigenvalue weighted by molar-refractivity contribution is 0.389. The highest BCUT2D eigenvalue weighted by atomic mass is 16.5. The van der Waals surface area contributed by atoms with Gasteiger partial charge >= 0.3 is 0 Å². The average molecular weight is 422 g/mol. The molecule has 3 rings (SSSR count). The Labute approximate surface area is 183 Å². The third kappa shape index (κ3) is 3.69. The monoisotopic (exact) mass is 421 g/mol. The summed E-state index contributed by atoms with van der Waals surface area (Å²) in [7, 11) is 1.70. The Morgan fingerprint density at radius 1 is 1.10 bits per heavy atom. The summed E-state index contributed by atoms with van der Waals surface area (Å²) in [5.74, 6) is -0.0840. The van der Waals surface area contributed by atoms with Crippen molar-refractivity contribution in [3.63, 3.8) is 0 Å². The van der Waals surface area contributed by atoms with Crippen molar-refractivity contribution in [1.82, 2.24) is 4.57 Å². The van der Waals surface area contributed by atoms with Crippen LogP contribution >= 0.6 is 0 Å². The van der Waals surface area contributed by atoms with Crippen LogP contribution in [0.25, 0.3) is 0 Å². The molecule has 1 aliphatic heterocycles. The van der Waals surface area contributed by atoms with Crippen molar-refractivity contribution in [3.8, 4) is 17.6 Å². The topological polar surface area (TPSA) is 101 Å². The number of aryl methyl sites for hydroxylation is 1. The van der Waals surface area contributed by atoms with E-state index in [2.05, 4.69) is 6.07 Å². The molecule has 1 aromatic heterocycles. The lowest BCUT2D eigenvalue weighted by Gasteiger charge is -2.31. The molecular formula is C25H31N3O3.